The molecule has 0 saturated carbocycles. The van der Waals surface area contributed by atoms with E-state index in [1.807, 2.05) is 30.5 Å². The van der Waals surface area contributed by atoms with E-state index in [4.69, 9.17) is 4.74 Å². The number of hydrogen-bond donors (Lipinski definition) is 2. The number of H-pyrrole nitrogens is 1. The smallest absolute Gasteiger partial charge is 0.328 e. The summed E-state index contributed by atoms with van der Waals surface area (Å²) in [6.07, 6.45) is 12.3. The van der Waals surface area contributed by atoms with Crippen molar-refractivity contribution >= 4 is 22.8 Å². The van der Waals surface area contributed by atoms with Crippen LogP contribution in [0.25, 0.3) is 10.9 Å². The number of ether oxygens (including phenoxy) is 1. The van der Waals surface area contributed by atoms with Crippen molar-refractivity contribution in [3.05, 3.63) is 36.0 Å². The highest BCUT2D eigenvalue weighted by Crippen LogP contribution is 2.19. The summed E-state index contributed by atoms with van der Waals surface area (Å²) in [7, 11) is 1.36. The molecule has 0 aliphatic rings. The molecule has 0 aliphatic heterocycles. The molecule has 1 amide bonds. The third-order valence-corrected chi connectivity index (χ3v) is 5.18. The van der Waals surface area contributed by atoms with Gasteiger partial charge in [-0.2, -0.15) is 0 Å². The lowest BCUT2D eigenvalue weighted by Crippen LogP contribution is -2.42. The molecule has 0 spiro atoms. The summed E-state index contributed by atoms with van der Waals surface area (Å²) in [6, 6.07) is 7.27. The minimum atomic E-state index is -0.661. The fraction of sp³-hybridized carbons (Fsp3) is 0.565. The number of rotatable bonds is 13. The van der Waals surface area contributed by atoms with E-state index in [-0.39, 0.29) is 5.91 Å². The number of hydrogen-bond acceptors (Lipinski definition) is 3. The second kappa shape index (κ2) is 12.2. The predicted octanol–water partition coefficient (Wildman–Crippen LogP) is 4.90. The molecular formula is C23H34N2O3. The Morgan fingerprint density at radius 1 is 1.04 bits per heavy atom. The van der Waals surface area contributed by atoms with Gasteiger partial charge in [0.05, 0.1) is 7.11 Å². The van der Waals surface area contributed by atoms with Gasteiger partial charge in [-0.1, -0.05) is 70.1 Å². The van der Waals surface area contributed by atoms with E-state index in [0.717, 1.165) is 29.3 Å². The van der Waals surface area contributed by atoms with Gasteiger partial charge in [-0.25, -0.2) is 4.79 Å². The number of carbonyl (C=O) groups is 2. The first-order chi connectivity index (χ1) is 13.7. The van der Waals surface area contributed by atoms with E-state index in [2.05, 4.69) is 17.2 Å². The third kappa shape index (κ3) is 7.02. The summed E-state index contributed by atoms with van der Waals surface area (Å²) in [5.41, 5.74) is 2.02. The van der Waals surface area contributed by atoms with Crippen molar-refractivity contribution in [1.82, 2.24) is 10.3 Å². The lowest BCUT2D eigenvalue weighted by molar-refractivity contribution is -0.145. The maximum atomic E-state index is 12.3. The van der Waals surface area contributed by atoms with E-state index in [9.17, 15) is 9.59 Å². The Balaban J connectivity index is 1.78. The molecule has 1 heterocycles. The van der Waals surface area contributed by atoms with E-state index in [1.165, 1.54) is 45.6 Å². The number of carbonyl (C=O) groups excluding carboxylic acids is 2. The number of fused-ring (bicyclic) bond motifs is 1. The molecule has 154 valence electrons. The van der Waals surface area contributed by atoms with E-state index >= 15 is 0 Å². The maximum absolute atomic E-state index is 12.3. The molecule has 2 aromatic rings. The number of aromatic nitrogens is 1. The zero-order chi connectivity index (χ0) is 20.2. The topological polar surface area (TPSA) is 71.2 Å². The number of nitrogens with one attached hydrogen (secondary N) is 2. The second-order valence-electron chi connectivity index (χ2n) is 7.43. The fourth-order valence-corrected chi connectivity index (χ4v) is 3.54. The predicted molar refractivity (Wildman–Crippen MR) is 113 cm³/mol. The van der Waals surface area contributed by atoms with Crippen molar-refractivity contribution in [1.29, 1.82) is 0 Å². The molecule has 2 N–H and O–H groups in total. The minimum absolute atomic E-state index is 0.0822. The highest BCUT2D eigenvalue weighted by atomic mass is 16.5. The fourth-order valence-electron chi connectivity index (χ4n) is 3.54. The van der Waals surface area contributed by atoms with Gasteiger partial charge in [0.25, 0.3) is 0 Å². The first-order valence-corrected chi connectivity index (χ1v) is 10.6. The number of benzene rings is 1. The van der Waals surface area contributed by atoms with Gasteiger partial charge < -0.3 is 15.0 Å². The molecule has 0 bridgehead atoms. The van der Waals surface area contributed by atoms with Crippen molar-refractivity contribution in [2.75, 3.05) is 7.11 Å². The van der Waals surface area contributed by atoms with Gasteiger partial charge in [-0.15, -0.1) is 0 Å². The minimum Gasteiger partial charge on any atom is -0.467 e. The highest BCUT2D eigenvalue weighted by molar-refractivity contribution is 5.87. The van der Waals surface area contributed by atoms with Gasteiger partial charge in [0.1, 0.15) is 6.04 Å². The Hall–Kier alpha value is -2.30. The number of methoxy groups -OCH3 is 1. The van der Waals surface area contributed by atoms with Gasteiger partial charge in [0.15, 0.2) is 0 Å². The van der Waals surface area contributed by atoms with Crippen LogP contribution in [0.4, 0.5) is 0 Å². The summed E-state index contributed by atoms with van der Waals surface area (Å²) < 4.78 is 4.90. The van der Waals surface area contributed by atoms with Crippen LogP contribution in [0.2, 0.25) is 0 Å². The van der Waals surface area contributed by atoms with Crippen LogP contribution in [0.15, 0.2) is 30.5 Å². The van der Waals surface area contributed by atoms with Gasteiger partial charge in [-0.05, 0) is 18.1 Å². The monoisotopic (exact) mass is 386 g/mol. The van der Waals surface area contributed by atoms with Gasteiger partial charge in [0, 0.05) is 29.9 Å². The number of unbranched alkanes of at least 4 members (excludes halogenated alkanes) is 7. The largest absolute Gasteiger partial charge is 0.467 e. The number of amides is 1. The molecule has 1 atom stereocenters. The Labute approximate surface area is 168 Å². The molecule has 5 heteroatoms. The average Bonchev–Trinajstić information content (AvgIpc) is 3.12. The molecule has 0 radical (unpaired) electrons. The zero-order valence-corrected chi connectivity index (χ0v) is 17.3. The van der Waals surface area contributed by atoms with Crippen molar-refractivity contribution in [2.45, 2.75) is 77.2 Å². The summed E-state index contributed by atoms with van der Waals surface area (Å²) in [5.74, 6) is -0.490. The highest BCUT2D eigenvalue weighted by Gasteiger charge is 2.23. The van der Waals surface area contributed by atoms with Crippen LogP contribution < -0.4 is 5.32 Å². The average molecular weight is 387 g/mol. The SMILES string of the molecule is CCCCCCCCCCC(=O)N[C@@H](Cc1c[nH]c2ccccc12)C(=O)OC. The first kappa shape index (κ1) is 22.0. The molecule has 5 nitrogen and oxygen atoms in total. The van der Waals surface area contributed by atoms with Gasteiger partial charge >= 0.3 is 5.97 Å². The summed E-state index contributed by atoms with van der Waals surface area (Å²) >= 11 is 0. The van der Waals surface area contributed by atoms with Gasteiger partial charge in [-0.3, -0.25) is 4.79 Å². The van der Waals surface area contributed by atoms with Crippen LogP contribution in [0.3, 0.4) is 0 Å². The molecule has 0 fully saturated rings. The van der Waals surface area contributed by atoms with Gasteiger partial charge in [0.2, 0.25) is 5.91 Å². The van der Waals surface area contributed by atoms with Crippen molar-refractivity contribution in [2.24, 2.45) is 0 Å². The zero-order valence-electron chi connectivity index (χ0n) is 17.3. The molecule has 0 saturated heterocycles. The van der Waals surface area contributed by atoms with Crippen molar-refractivity contribution in [3.63, 3.8) is 0 Å². The molecule has 0 unspecified atom stereocenters. The van der Waals surface area contributed by atoms with Crippen molar-refractivity contribution in [3.8, 4) is 0 Å². The molecule has 1 aromatic carbocycles. The molecule has 0 aliphatic carbocycles. The molecule has 1 aromatic heterocycles. The molecular weight excluding hydrogens is 352 g/mol. The second-order valence-corrected chi connectivity index (χ2v) is 7.43. The van der Waals surface area contributed by atoms with Crippen LogP contribution in [-0.2, 0) is 20.7 Å². The quantitative estimate of drug-likeness (QED) is 0.380. The van der Waals surface area contributed by atoms with Crippen LogP contribution in [0, 0.1) is 0 Å². The van der Waals surface area contributed by atoms with Crippen LogP contribution in [0.5, 0.6) is 0 Å². The Morgan fingerprint density at radius 3 is 2.43 bits per heavy atom. The van der Waals surface area contributed by atoms with E-state index in [1.54, 1.807) is 0 Å². The van der Waals surface area contributed by atoms with Crippen LogP contribution >= 0.6 is 0 Å². The standard InChI is InChI=1S/C23H34N2O3/c1-3-4-5-6-7-8-9-10-15-22(26)25-21(23(27)28-2)16-18-17-24-20-14-12-11-13-19(18)20/h11-14,17,21,24H,3-10,15-16H2,1-2H3,(H,25,26)/t21-/m0/s1. The lowest BCUT2D eigenvalue weighted by Gasteiger charge is -2.16. The third-order valence-electron chi connectivity index (χ3n) is 5.18. The summed E-state index contributed by atoms with van der Waals surface area (Å²) in [5, 5.41) is 3.93. The Bertz CT molecular complexity index is 738. The maximum Gasteiger partial charge on any atom is 0.328 e. The van der Waals surface area contributed by atoms with Crippen LogP contribution in [-0.4, -0.2) is 30.0 Å². The number of esters is 1. The number of aromatic amines is 1. The summed E-state index contributed by atoms with van der Waals surface area (Å²) in [6.45, 7) is 2.22. The van der Waals surface area contributed by atoms with E-state index < -0.39 is 12.0 Å². The first-order valence-electron chi connectivity index (χ1n) is 10.6. The lowest BCUT2D eigenvalue weighted by atomic mass is 10.0. The Morgan fingerprint density at radius 2 is 1.71 bits per heavy atom. The van der Waals surface area contributed by atoms with Crippen LogP contribution in [0.1, 0.15) is 70.3 Å². The normalized spacial score (nSPS) is 12.1. The Kier molecular flexibility index (Phi) is 9.60. The van der Waals surface area contributed by atoms with E-state index in [0.29, 0.717) is 12.8 Å². The summed E-state index contributed by atoms with van der Waals surface area (Å²) in [4.78, 5) is 27.7. The van der Waals surface area contributed by atoms with Crippen molar-refractivity contribution < 1.29 is 14.3 Å². The number of para-hydroxylation sites is 1. The molecule has 2 rings (SSSR count). The molecule has 28 heavy (non-hydrogen) atoms.